The van der Waals surface area contributed by atoms with Crippen LogP contribution in [0, 0.1) is 0 Å². The minimum Gasteiger partial charge on any atom is -0.404 e. The predicted octanol–water partition coefficient (Wildman–Crippen LogP) is 0.215. The molecule has 0 saturated carbocycles. The lowest BCUT2D eigenvalue weighted by atomic mass is 9.97. The molecular weight excluding hydrogens is 117 g/mol. The summed E-state index contributed by atoms with van der Waals surface area (Å²) in [5, 5.41) is 0. The molecule has 52 valence electrons. The second kappa shape index (κ2) is 1.97. The van der Waals surface area contributed by atoms with Gasteiger partial charge >= 0.3 is 7.12 Å². The third-order valence-corrected chi connectivity index (χ3v) is 1.62. The molecule has 1 fully saturated rings. The summed E-state index contributed by atoms with van der Waals surface area (Å²) in [4.78, 5) is 0. The van der Waals surface area contributed by atoms with Crippen LogP contribution in [0.2, 0.25) is 6.82 Å². The molecule has 0 bridgehead atoms. The third-order valence-electron chi connectivity index (χ3n) is 1.62. The lowest BCUT2D eigenvalue weighted by molar-refractivity contribution is 0.0714. The largest absolute Gasteiger partial charge is 0.455 e. The topological polar surface area (TPSA) is 44.5 Å². The number of hydrogen-bond acceptors (Lipinski definition) is 3. The lowest BCUT2D eigenvalue weighted by Crippen LogP contribution is -2.44. The predicted molar refractivity (Wildman–Crippen MR) is 35.8 cm³/mol. The zero-order chi connectivity index (χ0) is 7.07. The SMILES string of the molecule is CB1OC(C)C(C)(N)O1. The highest BCUT2D eigenvalue weighted by atomic mass is 16.7. The van der Waals surface area contributed by atoms with Gasteiger partial charge in [0.2, 0.25) is 0 Å². The second-order valence-corrected chi connectivity index (χ2v) is 2.65. The molecule has 1 saturated heterocycles. The van der Waals surface area contributed by atoms with Gasteiger partial charge in [0.25, 0.3) is 0 Å². The lowest BCUT2D eigenvalue weighted by Gasteiger charge is -2.21. The van der Waals surface area contributed by atoms with Gasteiger partial charge in [0.15, 0.2) is 0 Å². The molecule has 0 radical (unpaired) electrons. The minimum absolute atomic E-state index is 0.00694. The van der Waals surface area contributed by atoms with Crippen molar-refractivity contribution < 1.29 is 9.31 Å². The Labute approximate surface area is 55.7 Å². The van der Waals surface area contributed by atoms with Crippen LogP contribution in [0.1, 0.15) is 13.8 Å². The zero-order valence-corrected chi connectivity index (χ0v) is 6.05. The van der Waals surface area contributed by atoms with E-state index < -0.39 is 5.72 Å². The standard InChI is InChI=1S/C5H12BNO2/c1-4-5(2,7)9-6(3)8-4/h4H,7H2,1-3H3. The van der Waals surface area contributed by atoms with E-state index >= 15 is 0 Å². The molecule has 2 unspecified atom stereocenters. The van der Waals surface area contributed by atoms with Crippen LogP contribution >= 0.6 is 0 Å². The smallest absolute Gasteiger partial charge is 0.404 e. The summed E-state index contributed by atoms with van der Waals surface area (Å²) in [5.74, 6) is 0. The van der Waals surface area contributed by atoms with Gasteiger partial charge in [0, 0.05) is 0 Å². The van der Waals surface area contributed by atoms with Gasteiger partial charge in [-0.3, -0.25) is 0 Å². The molecule has 1 aliphatic rings. The average molecular weight is 129 g/mol. The fraction of sp³-hybridized carbons (Fsp3) is 1.00. The molecule has 0 aromatic rings. The van der Waals surface area contributed by atoms with E-state index in [-0.39, 0.29) is 13.2 Å². The van der Waals surface area contributed by atoms with Gasteiger partial charge in [-0.2, -0.15) is 0 Å². The maximum absolute atomic E-state index is 5.66. The van der Waals surface area contributed by atoms with Gasteiger partial charge in [-0.05, 0) is 20.7 Å². The van der Waals surface area contributed by atoms with Gasteiger partial charge in [-0.15, -0.1) is 0 Å². The van der Waals surface area contributed by atoms with Crippen LogP contribution in [0.25, 0.3) is 0 Å². The summed E-state index contributed by atoms with van der Waals surface area (Å²) in [6.45, 7) is 5.57. The molecule has 0 amide bonds. The van der Waals surface area contributed by atoms with E-state index in [1.165, 1.54) is 0 Å². The van der Waals surface area contributed by atoms with Crippen LogP contribution in [0.5, 0.6) is 0 Å². The summed E-state index contributed by atoms with van der Waals surface area (Å²) in [7, 11) is -0.157. The molecule has 2 atom stereocenters. The first-order chi connectivity index (χ1) is 4.02. The molecule has 3 nitrogen and oxygen atoms in total. The Hall–Kier alpha value is -0.0551. The first kappa shape index (κ1) is 7.06. The summed E-state index contributed by atoms with van der Waals surface area (Å²) >= 11 is 0. The van der Waals surface area contributed by atoms with Gasteiger partial charge in [0.1, 0.15) is 5.72 Å². The molecule has 4 heteroatoms. The average Bonchev–Trinajstić information content (AvgIpc) is 1.79. The van der Waals surface area contributed by atoms with Crippen LogP contribution in [0.15, 0.2) is 0 Å². The highest BCUT2D eigenvalue weighted by molar-refractivity contribution is 6.43. The Morgan fingerprint density at radius 2 is 2.22 bits per heavy atom. The normalized spacial score (nSPS) is 44.0. The van der Waals surface area contributed by atoms with Crippen molar-refractivity contribution in [2.45, 2.75) is 32.5 Å². The van der Waals surface area contributed by atoms with Gasteiger partial charge in [0.05, 0.1) is 6.10 Å². The van der Waals surface area contributed by atoms with Gasteiger partial charge < -0.3 is 15.0 Å². The molecule has 0 spiro atoms. The molecule has 2 N–H and O–H groups in total. The number of nitrogens with two attached hydrogens (primary N) is 1. The monoisotopic (exact) mass is 129 g/mol. The van der Waals surface area contributed by atoms with E-state index in [1.54, 1.807) is 0 Å². The van der Waals surface area contributed by atoms with Crippen molar-refractivity contribution in [2.75, 3.05) is 0 Å². The molecule has 0 aliphatic carbocycles. The van der Waals surface area contributed by atoms with E-state index in [0.717, 1.165) is 0 Å². The van der Waals surface area contributed by atoms with E-state index in [2.05, 4.69) is 0 Å². The molecule has 9 heavy (non-hydrogen) atoms. The number of rotatable bonds is 0. The van der Waals surface area contributed by atoms with Crippen molar-refractivity contribution in [2.24, 2.45) is 5.73 Å². The van der Waals surface area contributed by atoms with Crippen molar-refractivity contribution in [1.29, 1.82) is 0 Å². The molecule has 0 aromatic carbocycles. The van der Waals surface area contributed by atoms with Gasteiger partial charge in [-0.1, -0.05) is 0 Å². The molecule has 1 heterocycles. The second-order valence-electron chi connectivity index (χ2n) is 2.65. The van der Waals surface area contributed by atoms with E-state index in [4.69, 9.17) is 15.0 Å². The molecule has 1 aliphatic heterocycles. The van der Waals surface area contributed by atoms with Crippen LogP contribution in [0.3, 0.4) is 0 Å². The molecule has 1 rings (SSSR count). The van der Waals surface area contributed by atoms with Crippen molar-refractivity contribution in [1.82, 2.24) is 0 Å². The zero-order valence-electron chi connectivity index (χ0n) is 6.05. The Balaban J connectivity index is 2.58. The van der Waals surface area contributed by atoms with Crippen LogP contribution in [0.4, 0.5) is 0 Å². The Morgan fingerprint density at radius 1 is 1.67 bits per heavy atom. The fourth-order valence-corrected chi connectivity index (χ4v) is 0.904. The third kappa shape index (κ3) is 1.26. The summed E-state index contributed by atoms with van der Waals surface area (Å²) in [6.07, 6.45) is -0.00694. The maximum atomic E-state index is 5.66. The Bertz CT molecular complexity index is 118. The number of hydrogen-bond donors (Lipinski definition) is 1. The van der Waals surface area contributed by atoms with Crippen molar-refractivity contribution in [3.05, 3.63) is 0 Å². The highest BCUT2D eigenvalue weighted by Crippen LogP contribution is 2.21. The van der Waals surface area contributed by atoms with Crippen LogP contribution in [-0.4, -0.2) is 18.9 Å². The fourth-order valence-electron chi connectivity index (χ4n) is 0.904. The maximum Gasteiger partial charge on any atom is 0.455 e. The quantitative estimate of drug-likeness (QED) is 0.475. The molecular formula is C5H12BNO2. The van der Waals surface area contributed by atoms with Crippen molar-refractivity contribution >= 4 is 7.12 Å². The Morgan fingerprint density at radius 3 is 2.33 bits per heavy atom. The van der Waals surface area contributed by atoms with E-state index in [1.807, 2.05) is 20.7 Å². The van der Waals surface area contributed by atoms with E-state index in [9.17, 15) is 0 Å². The van der Waals surface area contributed by atoms with Crippen LogP contribution < -0.4 is 5.73 Å². The summed E-state index contributed by atoms with van der Waals surface area (Å²) in [6, 6.07) is 0. The highest BCUT2D eigenvalue weighted by Gasteiger charge is 2.40. The Kier molecular flexibility index (Phi) is 1.55. The molecule has 0 aromatic heterocycles. The van der Waals surface area contributed by atoms with Crippen LogP contribution in [-0.2, 0) is 9.31 Å². The van der Waals surface area contributed by atoms with Gasteiger partial charge in [-0.25, -0.2) is 0 Å². The summed E-state index contributed by atoms with van der Waals surface area (Å²) < 4.78 is 10.4. The van der Waals surface area contributed by atoms with Crippen molar-refractivity contribution in [3.8, 4) is 0 Å². The first-order valence-electron chi connectivity index (χ1n) is 3.14. The summed E-state index contributed by atoms with van der Waals surface area (Å²) in [5.41, 5.74) is 5.07. The van der Waals surface area contributed by atoms with E-state index in [0.29, 0.717) is 0 Å². The minimum atomic E-state index is -0.598. The van der Waals surface area contributed by atoms with Crippen molar-refractivity contribution in [3.63, 3.8) is 0 Å². The first-order valence-corrected chi connectivity index (χ1v) is 3.14.